The Balaban J connectivity index is 2.36. The Morgan fingerprint density at radius 1 is 1.43 bits per heavy atom. The van der Waals surface area contributed by atoms with Crippen LogP contribution in [0.25, 0.3) is 0 Å². The number of nitrogens with two attached hydrogens (primary N) is 1. The van der Waals surface area contributed by atoms with Crippen LogP contribution in [0.15, 0.2) is 23.4 Å². The second kappa shape index (κ2) is 6.46. The van der Waals surface area contributed by atoms with E-state index in [1.165, 1.54) is 0 Å². The zero-order valence-electron chi connectivity index (χ0n) is 11.3. The van der Waals surface area contributed by atoms with Gasteiger partial charge in [0.25, 0.3) is 0 Å². The average Bonchev–Trinajstić information content (AvgIpc) is 2.45. The van der Waals surface area contributed by atoms with Gasteiger partial charge < -0.3 is 11.1 Å². The number of piperidine rings is 1. The number of halogens is 1. The van der Waals surface area contributed by atoms with Crippen LogP contribution in [0, 0.1) is 5.82 Å². The molecular weight excluding hydrogens is 299 g/mol. The normalized spacial score (nSPS) is 17.0. The van der Waals surface area contributed by atoms with E-state index in [1.807, 2.05) is 0 Å². The molecule has 1 aliphatic rings. The molecule has 1 aliphatic heterocycles. The predicted molar refractivity (Wildman–Crippen MR) is 73.2 cm³/mol. The second-order valence-corrected chi connectivity index (χ2v) is 6.73. The van der Waals surface area contributed by atoms with E-state index in [0.717, 1.165) is 22.8 Å². The summed E-state index contributed by atoms with van der Waals surface area (Å²) in [6, 6.07) is 0.546. The van der Waals surface area contributed by atoms with E-state index in [-0.39, 0.29) is 10.9 Å². The van der Waals surface area contributed by atoms with Crippen LogP contribution in [0.1, 0.15) is 12.8 Å². The zero-order chi connectivity index (χ0) is 15.5. The number of pyridine rings is 1. The van der Waals surface area contributed by atoms with Crippen LogP contribution >= 0.6 is 0 Å². The number of nitrogens with one attached hydrogen (secondary N) is 1. The van der Waals surface area contributed by atoms with Crippen molar-refractivity contribution >= 4 is 15.9 Å². The van der Waals surface area contributed by atoms with Crippen molar-refractivity contribution in [2.75, 3.05) is 19.6 Å². The molecule has 21 heavy (non-hydrogen) atoms. The Morgan fingerprint density at radius 2 is 2.10 bits per heavy atom. The lowest BCUT2D eigenvalue weighted by atomic mass is 10.1. The second-order valence-electron chi connectivity index (χ2n) is 4.84. The minimum atomic E-state index is -4.02. The third-order valence-electron chi connectivity index (χ3n) is 3.31. The number of hydrogen-bond donors (Lipinski definition) is 2. The summed E-state index contributed by atoms with van der Waals surface area (Å²) < 4.78 is 39.5. The number of carbonyl (C=O) groups is 1. The van der Waals surface area contributed by atoms with Gasteiger partial charge in [0.2, 0.25) is 15.9 Å². The molecule has 0 aromatic carbocycles. The topological polar surface area (TPSA) is 105 Å². The Bertz CT molecular complexity index is 617. The maximum atomic E-state index is 13.2. The molecule has 0 bridgehead atoms. The van der Waals surface area contributed by atoms with Crippen LogP contribution in [0.3, 0.4) is 0 Å². The number of aromatic nitrogens is 1. The van der Waals surface area contributed by atoms with Crippen molar-refractivity contribution in [2.24, 2.45) is 5.73 Å². The van der Waals surface area contributed by atoms with Crippen molar-refractivity contribution in [2.45, 2.75) is 23.8 Å². The summed E-state index contributed by atoms with van der Waals surface area (Å²) in [4.78, 5) is 14.5. The fraction of sp³-hybridized carbons (Fsp3) is 0.500. The van der Waals surface area contributed by atoms with Gasteiger partial charge in [0.1, 0.15) is 10.7 Å². The van der Waals surface area contributed by atoms with Crippen molar-refractivity contribution in [3.63, 3.8) is 0 Å². The van der Waals surface area contributed by atoms with Crippen molar-refractivity contribution in [3.05, 3.63) is 24.3 Å². The Kier molecular flexibility index (Phi) is 4.86. The van der Waals surface area contributed by atoms with Crippen molar-refractivity contribution < 1.29 is 17.6 Å². The van der Waals surface area contributed by atoms with E-state index in [1.54, 1.807) is 0 Å². The van der Waals surface area contributed by atoms with Gasteiger partial charge in [0.15, 0.2) is 0 Å². The molecule has 1 aromatic rings. The molecule has 0 atom stereocenters. The molecule has 0 aliphatic carbocycles. The fourth-order valence-electron chi connectivity index (χ4n) is 2.33. The lowest BCUT2D eigenvalue weighted by Crippen LogP contribution is -2.49. The number of sulfonamides is 1. The smallest absolute Gasteiger partial charge is 0.245 e. The molecule has 1 saturated heterocycles. The van der Waals surface area contributed by atoms with Gasteiger partial charge in [-0.25, -0.2) is 12.8 Å². The number of amides is 1. The Morgan fingerprint density at radius 3 is 2.67 bits per heavy atom. The SMILES string of the molecule is NC(=O)CN(C1CCNCC1)S(=O)(=O)c1cncc(F)c1. The third-order valence-corrected chi connectivity index (χ3v) is 5.18. The fourth-order valence-corrected chi connectivity index (χ4v) is 3.95. The molecule has 0 radical (unpaired) electrons. The number of hydrogen-bond acceptors (Lipinski definition) is 5. The third kappa shape index (κ3) is 3.74. The zero-order valence-corrected chi connectivity index (χ0v) is 12.1. The largest absolute Gasteiger partial charge is 0.369 e. The molecule has 2 rings (SSSR count). The van der Waals surface area contributed by atoms with Crippen LogP contribution in [0.4, 0.5) is 4.39 Å². The first-order chi connectivity index (χ1) is 9.91. The summed E-state index contributed by atoms with van der Waals surface area (Å²) in [6.07, 6.45) is 3.11. The van der Waals surface area contributed by atoms with Gasteiger partial charge in [-0.05, 0) is 32.0 Å². The van der Waals surface area contributed by atoms with Gasteiger partial charge in [-0.1, -0.05) is 0 Å². The Hall–Kier alpha value is -1.58. The monoisotopic (exact) mass is 316 g/mol. The van der Waals surface area contributed by atoms with E-state index in [4.69, 9.17) is 5.73 Å². The van der Waals surface area contributed by atoms with E-state index in [9.17, 15) is 17.6 Å². The first-order valence-electron chi connectivity index (χ1n) is 6.52. The summed E-state index contributed by atoms with van der Waals surface area (Å²) in [5.41, 5.74) is 5.15. The predicted octanol–water partition coefficient (Wildman–Crippen LogP) is -0.551. The highest BCUT2D eigenvalue weighted by atomic mass is 32.2. The molecule has 0 saturated carbocycles. The number of carbonyl (C=O) groups excluding carboxylic acids is 1. The maximum Gasteiger partial charge on any atom is 0.245 e. The Labute approximate surface area is 122 Å². The summed E-state index contributed by atoms with van der Waals surface area (Å²) >= 11 is 0. The molecule has 3 N–H and O–H groups in total. The van der Waals surface area contributed by atoms with Gasteiger partial charge >= 0.3 is 0 Å². The molecule has 1 amide bonds. The molecule has 9 heteroatoms. The van der Waals surface area contributed by atoms with Crippen LogP contribution in [-0.4, -0.2) is 49.3 Å². The van der Waals surface area contributed by atoms with Crippen molar-refractivity contribution in [1.82, 2.24) is 14.6 Å². The van der Waals surface area contributed by atoms with Gasteiger partial charge in [-0.15, -0.1) is 0 Å². The average molecular weight is 316 g/mol. The molecule has 1 aromatic heterocycles. The first kappa shape index (κ1) is 15.8. The molecule has 0 unspecified atom stereocenters. The quantitative estimate of drug-likeness (QED) is 0.758. The molecule has 116 valence electrons. The van der Waals surface area contributed by atoms with Gasteiger partial charge in [0, 0.05) is 12.2 Å². The van der Waals surface area contributed by atoms with Crippen molar-refractivity contribution in [1.29, 1.82) is 0 Å². The number of nitrogens with zero attached hydrogens (tertiary/aromatic N) is 2. The summed E-state index contributed by atoms with van der Waals surface area (Å²) in [5, 5.41) is 3.11. The lowest BCUT2D eigenvalue weighted by Gasteiger charge is -2.32. The van der Waals surface area contributed by atoms with Crippen LogP contribution < -0.4 is 11.1 Å². The van der Waals surface area contributed by atoms with Gasteiger partial charge in [-0.3, -0.25) is 9.78 Å². The van der Waals surface area contributed by atoms with Crippen LogP contribution in [0.5, 0.6) is 0 Å². The van der Waals surface area contributed by atoms with Gasteiger partial charge in [-0.2, -0.15) is 4.31 Å². The summed E-state index contributed by atoms with van der Waals surface area (Å²) in [7, 11) is -4.02. The maximum absolute atomic E-state index is 13.2. The highest BCUT2D eigenvalue weighted by Crippen LogP contribution is 2.22. The summed E-state index contributed by atoms with van der Waals surface area (Å²) in [6.45, 7) is 0.872. The van der Waals surface area contributed by atoms with E-state index >= 15 is 0 Å². The summed E-state index contributed by atoms with van der Waals surface area (Å²) in [5.74, 6) is -1.50. The molecule has 1 fully saturated rings. The molecule has 7 nitrogen and oxygen atoms in total. The minimum Gasteiger partial charge on any atom is -0.369 e. The molecular formula is C12H17FN4O3S. The van der Waals surface area contributed by atoms with E-state index in [0.29, 0.717) is 25.9 Å². The molecule has 0 spiro atoms. The highest BCUT2D eigenvalue weighted by Gasteiger charge is 2.33. The number of primary amides is 1. The van der Waals surface area contributed by atoms with Crippen LogP contribution in [-0.2, 0) is 14.8 Å². The first-order valence-corrected chi connectivity index (χ1v) is 7.96. The van der Waals surface area contributed by atoms with Crippen molar-refractivity contribution in [3.8, 4) is 0 Å². The lowest BCUT2D eigenvalue weighted by molar-refractivity contribution is -0.118. The van der Waals surface area contributed by atoms with E-state index in [2.05, 4.69) is 10.3 Å². The number of rotatable bonds is 5. The van der Waals surface area contributed by atoms with Crippen LogP contribution in [0.2, 0.25) is 0 Å². The van der Waals surface area contributed by atoms with Gasteiger partial charge in [0.05, 0.1) is 12.7 Å². The molecule has 2 heterocycles. The van der Waals surface area contributed by atoms with E-state index < -0.39 is 28.3 Å². The minimum absolute atomic E-state index is 0.276. The highest BCUT2D eigenvalue weighted by molar-refractivity contribution is 7.89. The standard InChI is InChI=1S/C12H17FN4O3S/c13-9-5-11(7-16-6-9)21(19,20)17(8-12(14)18)10-1-3-15-4-2-10/h5-7,10,15H,1-4,8H2,(H2,14,18).